The summed E-state index contributed by atoms with van der Waals surface area (Å²) in [5.74, 6) is 0.712. The molecule has 30 heavy (non-hydrogen) atoms. The van der Waals surface area contributed by atoms with E-state index >= 15 is 0 Å². The average Bonchev–Trinajstić information content (AvgIpc) is 2.70. The van der Waals surface area contributed by atoms with Gasteiger partial charge in [-0.1, -0.05) is 29.3 Å². The molecule has 164 valence electrons. The zero-order valence-electron chi connectivity index (χ0n) is 17.2. The molecule has 1 aromatic carbocycles. The summed E-state index contributed by atoms with van der Waals surface area (Å²) in [6.45, 7) is 8.32. The van der Waals surface area contributed by atoms with Crippen LogP contribution in [0.4, 0.5) is 5.69 Å². The number of benzene rings is 1. The topological polar surface area (TPSA) is 70.6 Å². The number of rotatable bonds is 6. The van der Waals surface area contributed by atoms with Crippen LogP contribution in [0.15, 0.2) is 18.2 Å². The number of piperazine rings is 1. The molecule has 0 saturated carbocycles. The van der Waals surface area contributed by atoms with Gasteiger partial charge in [-0.15, -0.1) is 12.4 Å². The Hall–Kier alpha value is -1.80. The maximum atomic E-state index is 12.5. The van der Waals surface area contributed by atoms with E-state index in [0.29, 0.717) is 33.9 Å². The number of carbonyl (C=O) groups excluding carboxylic acids is 1. The van der Waals surface area contributed by atoms with Gasteiger partial charge in [0.05, 0.1) is 28.5 Å². The molecule has 1 aromatic heterocycles. The van der Waals surface area contributed by atoms with Gasteiger partial charge in [-0.3, -0.25) is 9.69 Å². The molecule has 1 fully saturated rings. The van der Waals surface area contributed by atoms with Gasteiger partial charge in [0.1, 0.15) is 5.82 Å². The van der Waals surface area contributed by atoms with E-state index in [1.165, 1.54) is 7.11 Å². The summed E-state index contributed by atoms with van der Waals surface area (Å²) in [4.78, 5) is 25.6. The molecule has 0 unspecified atom stereocenters. The lowest BCUT2D eigenvalue weighted by atomic mass is 10.2. The number of aromatic nitrogens is 2. The Morgan fingerprint density at radius 1 is 1.17 bits per heavy atom. The van der Waals surface area contributed by atoms with Crippen LogP contribution in [0.25, 0.3) is 0 Å². The van der Waals surface area contributed by atoms with E-state index < -0.39 is 0 Å². The third-order valence-electron chi connectivity index (χ3n) is 4.92. The van der Waals surface area contributed by atoms with Gasteiger partial charge in [-0.2, -0.15) is 0 Å². The van der Waals surface area contributed by atoms with E-state index in [0.717, 1.165) is 38.4 Å². The molecule has 2 aromatic rings. The molecule has 1 saturated heterocycles. The maximum absolute atomic E-state index is 12.5. The Bertz CT molecular complexity index is 889. The van der Waals surface area contributed by atoms with Gasteiger partial charge in [-0.05, 0) is 26.0 Å². The summed E-state index contributed by atoms with van der Waals surface area (Å²) in [6.07, 6.45) is 0. The number of aryl methyl sites for hydroxylation is 2. The Morgan fingerprint density at radius 3 is 2.53 bits per heavy atom. The van der Waals surface area contributed by atoms with Gasteiger partial charge < -0.3 is 15.0 Å². The quantitative estimate of drug-likeness (QED) is 0.692. The van der Waals surface area contributed by atoms with Gasteiger partial charge in [0, 0.05) is 39.3 Å². The number of halogens is 3. The van der Waals surface area contributed by atoms with Crippen LogP contribution >= 0.6 is 35.6 Å². The largest absolute Gasteiger partial charge is 0.492 e. The highest BCUT2D eigenvalue weighted by atomic mass is 35.5. The van der Waals surface area contributed by atoms with Crippen LogP contribution in [0.3, 0.4) is 0 Å². The number of methoxy groups -OCH3 is 1. The van der Waals surface area contributed by atoms with Crippen molar-refractivity contribution in [2.24, 2.45) is 0 Å². The third-order valence-corrected chi connectivity index (χ3v) is 5.73. The summed E-state index contributed by atoms with van der Waals surface area (Å²) in [5, 5.41) is 4.10. The second-order valence-electron chi connectivity index (χ2n) is 6.90. The van der Waals surface area contributed by atoms with Crippen molar-refractivity contribution < 1.29 is 9.53 Å². The van der Waals surface area contributed by atoms with Crippen LogP contribution in [0.2, 0.25) is 10.0 Å². The van der Waals surface area contributed by atoms with Crippen LogP contribution in [0, 0.1) is 13.8 Å². The minimum absolute atomic E-state index is 0. The SMILES string of the molecule is COc1c(C)nc(C)nc1C(=O)NCCN1CCN(c2cccc(Cl)c2Cl)CC1.Cl. The zero-order chi connectivity index (χ0) is 21.0. The first-order chi connectivity index (χ1) is 13.9. The number of nitrogens with one attached hydrogen (secondary N) is 1. The monoisotopic (exact) mass is 473 g/mol. The Balaban J connectivity index is 0.00000320. The molecule has 7 nitrogen and oxygen atoms in total. The number of anilines is 1. The smallest absolute Gasteiger partial charge is 0.273 e. The Kier molecular flexibility index (Phi) is 8.97. The molecule has 1 N–H and O–H groups in total. The third kappa shape index (κ3) is 5.66. The minimum atomic E-state index is -0.250. The number of nitrogens with zero attached hydrogens (tertiary/aromatic N) is 4. The van der Waals surface area contributed by atoms with Crippen molar-refractivity contribution in [2.45, 2.75) is 13.8 Å². The molecule has 10 heteroatoms. The van der Waals surface area contributed by atoms with Crippen LogP contribution in [-0.2, 0) is 0 Å². The molecule has 1 aliphatic heterocycles. The van der Waals surface area contributed by atoms with Crippen molar-refractivity contribution in [1.29, 1.82) is 0 Å². The molecule has 0 aliphatic carbocycles. The fourth-order valence-electron chi connectivity index (χ4n) is 3.46. The molecule has 2 heterocycles. The summed E-state index contributed by atoms with van der Waals surface area (Å²) in [5.41, 5.74) is 1.90. The lowest BCUT2D eigenvalue weighted by molar-refractivity contribution is 0.0938. The lowest BCUT2D eigenvalue weighted by Crippen LogP contribution is -2.48. The Labute approximate surface area is 193 Å². The van der Waals surface area contributed by atoms with Gasteiger partial charge in [0.2, 0.25) is 0 Å². The van der Waals surface area contributed by atoms with Gasteiger partial charge in [-0.25, -0.2) is 9.97 Å². The maximum Gasteiger partial charge on any atom is 0.273 e. The van der Waals surface area contributed by atoms with E-state index in [1.807, 2.05) is 12.1 Å². The number of amides is 1. The highest BCUT2D eigenvalue weighted by Gasteiger charge is 2.21. The van der Waals surface area contributed by atoms with Gasteiger partial charge in [0.15, 0.2) is 11.4 Å². The Morgan fingerprint density at radius 2 is 1.87 bits per heavy atom. The average molecular weight is 475 g/mol. The van der Waals surface area contributed by atoms with Crippen LogP contribution < -0.4 is 15.0 Å². The predicted octanol–water partition coefficient (Wildman–Crippen LogP) is 3.38. The number of hydrogen-bond donors (Lipinski definition) is 1. The number of carbonyl (C=O) groups is 1. The molecule has 1 aliphatic rings. The van der Waals surface area contributed by atoms with Gasteiger partial charge >= 0.3 is 0 Å². The fourth-order valence-corrected chi connectivity index (χ4v) is 3.88. The number of ether oxygens (including phenoxy) is 1. The van der Waals surface area contributed by atoms with Crippen molar-refractivity contribution >= 4 is 47.2 Å². The van der Waals surface area contributed by atoms with Crippen molar-refractivity contribution in [3.63, 3.8) is 0 Å². The predicted molar refractivity (Wildman–Crippen MR) is 123 cm³/mol. The summed E-state index contributed by atoms with van der Waals surface area (Å²) in [7, 11) is 1.52. The first kappa shape index (κ1) is 24.5. The highest BCUT2D eigenvalue weighted by molar-refractivity contribution is 6.43. The first-order valence-electron chi connectivity index (χ1n) is 9.49. The van der Waals surface area contributed by atoms with E-state index in [9.17, 15) is 4.79 Å². The summed E-state index contributed by atoms with van der Waals surface area (Å²) in [6, 6.07) is 5.70. The molecular formula is C20H26Cl3N5O2. The van der Waals surface area contributed by atoms with Crippen molar-refractivity contribution in [2.75, 3.05) is 51.3 Å². The summed E-state index contributed by atoms with van der Waals surface area (Å²) >= 11 is 12.5. The minimum Gasteiger partial charge on any atom is -0.492 e. The molecule has 0 atom stereocenters. The van der Waals surface area contributed by atoms with Gasteiger partial charge in [0.25, 0.3) is 5.91 Å². The van der Waals surface area contributed by atoms with Crippen molar-refractivity contribution in [1.82, 2.24) is 20.2 Å². The second-order valence-corrected chi connectivity index (χ2v) is 7.68. The fraction of sp³-hybridized carbons (Fsp3) is 0.450. The van der Waals surface area contributed by atoms with Crippen LogP contribution in [0.1, 0.15) is 22.0 Å². The molecule has 0 spiro atoms. The van der Waals surface area contributed by atoms with Crippen molar-refractivity contribution in [3.05, 3.63) is 45.5 Å². The van der Waals surface area contributed by atoms with Crippen LogP contribution in [0.5, 0.6) is 5.75 Å². The highest BCUT2D eigenvalue weighted by Crippen LogP contribution is 2.32. The first-order valence-corrected chi connectivity index (χ1v) is 10.2. The van der Waals surface area contributed by atoms with E-state index in [4.69, 9.17) is 27.9 Å². The molecular weight excluding hydrogens is 449 g/mol. The van der Waals surface area contributed by atoms with Crippen molar-refractivity contribution in [3.8, 4) is 5.75 Å². The van der Waals surface area contributed by atoms with Crippen LogP contribution in [-0.4, -0.2) is 67.2 Å². The second kappa shape index (κ2) is 11.0. The van der Waals surface area contributed by atoms with E-state index in [-0.39, 0.29) is 24.0 Å². The normalized spacial score (nSPS) is 14.2. The zero-order valence-corrected chi connectivity index (χ0v) is 19.6. The van der Waals surface area contributed by atoms with E-state index in [2.05, 4.69) is 25.1 Å². The lowest BCUT2D eigenvalue weighted by Gasteiger charge is -2.36. The molecule has 0 bridgehead atoms. The molecule has 3 rings (SSSR count). The summed E-state index contributed by atoms with van der Waals surface area (Å²) < 4.78 is 5.30. The standard InChI is InChI=1S/C20H25Cl2N5O2.ClH/c1-13-19(29-3)18(25-14(2)24-13)20(28)23-7-8-26-9-11-27(12-10-26)16-6-4-5-15(21)17(16)22;/h4-6H,7-12H2,1-3H3,(H,23,28);1H. The molecule has 0 radical (unpaired) electrons. The molecule has 1 amide bonds. The van der Waals surface area contributed by atoms with E-state index in [1.54, 1.807) is 19.9 Å². The number of hydrogen-bond acceptors (Lipinski definition) is 6.